The maximum absolute atomic E-state index is 13.3. The molecule has 13 rings (SSSR count). The van der Waals surface area contributed by atoms with E-state index in [1.165, 1.54) is 39.4 Å². The number of hydrogen-bond acceptors (Lipinski definition) is 18. The van der Waals surface area contributed by atoms with Crippen LogP contribution in [-0.4, -0.2) is 136 Å². The fraction of sp³-hybridized carbons (Fsp3) is 0.277. The van der Waals surface area contributed by atoms with Crippen LogP contribution in [0.3, 0.4) is 0 Å². The molecule has 0 atom stereocenters. The Morgan fingerprint density at radius 3 is 1.14 bits per heavy atom. The number of rotatable bonds is 28. The number of halogens is 6. The van der Waals surface area contributed by atoms with Gasteiger partial charge in [0.25, 0.3) is 53.7 Å². The summed E-state index contributed by atoms with van der Waals surface area (Å²) in [5.41, 5.74) is 9.09. The number of H-pyrrole nitrogens is 3. The average molecular weight is 1820 g/mol. The maximum atomic E-state index is 13.3. The average Bonchev–Trinajstić information content (AvgIpc) is 1.62. The summed E-state index contributed by atoms with van der Waals surface area (Å²) in [6.07, 6.45) is 4.15. The number of aromatic carboxylic acids is 1. The normalized spacial score (nSPS) is 12.5. The van der Waals surface area contributed by atoms with Gasteiger partial charge in [-0.3, -0.25) is 19.2 Å². The molecule has 8 N–H and O–H groups in total. The van der Waals surface area contributed by atoms with Gasteiger partial charge in [0, 0.05) is 96.2 Å². The summed E-state index contributed by atoms with van der Waals surface area (Å²) in [7, 11) is -9.24. The highest BCUT2D eigenvalue weighted by Crippen LogP contribution is 2.35. The second-order valence-corrected chi connectivity index (χ2v) is 35.6. The monoisotopic (exact) mass is 1820 g/mol. The first-order chi connectivity index (χ1) is 56.8. The highest BCUT2D eigenvalue weighted by Gasteiger charge is 2.32. The molecule has 6 aromatic heterocycles. The number of aromatic amines is 3. The Morgan fingerprint density at radius 1 is 0.458 bits per heavy atom. The van der Waals surface area contributed by atoms with E-state index in [4.69, 9.17) is 93.0 Å². The van der Waals surface area contributed by atoms with E-state index in [-0.39, 0.29) is 50.3 Å². The number of hydrogen-bond donors (Lipinski definition) is 8. The first kappa shape index (κ1) is 90.3. The third kappa shape index (κ3) is 21.3. The van der Waals surface area contributed by atoms with E-state index in [2.05, 4.69) is 34.4 Å². The number of nitrogens with zero attached hydrogens (tertiary/aromatic N) is 2. The Morgan fingerprint density at radius 2 is 0.800 bits per heavy atom. The molecule has 7 heterocycles. The van der Waals surface area contributed by atoms with Crippen molar-refractivity contribution in [3.63, 3.8) is 0 Å². The van der Waals surface area contributed by atoms with Gasteiger partial charge in [0.05, 0.1) is 26.9 Å². The number of aromatic nitrogens is 5. The van der Waals surface area contributed by atoms with Gasteiger partial charge in [-0.1, -0.05) is 87.8 Å². The number of fused-ring (bicyclic) bond motifs is 3. The van der Waals surface area contributed by atoms with Crippen LogP contribution in [0.2, 0.25) is 30.1 Å². The lowest BCUT2D eigenvalue weighted by Crippen LogP contribution is -2.38. The summed E-state index contributed by atoms with van der Waals surface area (Å²) in [6, 6.07) is 33.7. The van der Waals surface area contributed by atoms with Crippen molar-refractivity contribution in [2.75, 3.05) is 40.1 Å². The van der Waals surface area contributed by atoms with Crippen molar-refractivity contribution in [2.45, 2.75) is 114 Å². The van der Waals surface area contributed by atoms with Gasteiger partial charge >= 0.3 is 11.9 Å². The van der Waals surface area contributed by atoms with Gasteiger partial charge in [-0.05, 0) is 252 Å². The van der Waals surface area contributed by atoms with E-state index in [1.807, 2.05) is 82.7 Å². The summed E-state index contributed by atoms with van der Waals surface area (Å²) in [4.78, 5) is 84.6. The highest BCUT2D eigenvalue weighted by atomic mass is 35.5. The first-order valence-corrected chi connectivity index (χ1v) is 44.0. The van der Waals surface area contributed by atoms with Crippen LogP contribution in [0.5, 0.6) is 17.2 Å². The second-order valence-electron chi connectivity index (χ2n) is 28.3. The third-order valence-electron chi connectivity index (χ3n) is 19.7. The minimum atomic E-state index is -4.44. The molecule has 0 radical (unpaired) electrons. The van der Waals surface area contributed by atoms with Gasteiger partial charge in [-0.25, -0.2) is 23.8 Å². The van der Waals surface area contributed by atoms with Crippen LogP contribution in [0.25, 0.3) is 32.7 Å². The molecule has 37 heteroatoms. The first-order valence-electron chi connectivity index (χ1n) is 37.2. The molecule has 0 spiro atoms. The van der Waals surface area contributed by atoms with Crippen molar-refractivity contribution >= 4 is 168 Å². The third-order valence-corrected chi connectivity index (χ3v) is 26.2. The molecule has 1 saturated heterocycles. The number of amides is 4. The lowest BCUT2D eigenvalue weighted by molar-refractivity contribution is 0.0587. The van der Waals surface area contributed by atoms with E-state index in [9.17, 15) is 59.1 Å². The number of aryl methyl sites for hydroxylation is 9. The van der Waals surface area contributed by atoms with Crippen LogP contribution < -0.4 is 33.7 Å². The maximum Gasteiger partial charge on any atom is 0.354 e. The number of carbonyl (C=O) groups is 6. The molecule has 0 saturated carbocycles. The van der Waals surface area contributed by atoms with Crippen LogP contribution in [0.4, 0.5) is 0 Å². The van der Waals surface area contributed by atoms with Gasteiger partial charge in [-0.2, -0.15) is 25.3 Å². The van der Waals surface area contributed by atoms with Crippen molar-refractivity contribution < 1.29 is 87.2 Å². The Kier molecular flexibility index (Phi) is 29.0. The van der Waals surface area contributed by atoms with Gasteiger partial charge in [0.1, 0.15) is 45.7 Å². The Labute approximate surface area is 720 Å². The standard InChI is InChI=1S/C30H31Cl2N3O7S.C27H27Cl2N3O6S.C26H25Cl2N3O6S/c1-17-14-21(15-18(2)27(17)32)41-11-3-4-23-22-6-5-19(31)16-24(22)34-28(23)30(37)35-43(38,39)26-8-7-25(42-26)29(36)33-20-9-12-40-13-10-20;1-15-12-18(13-16(2)24(15)29)38-11-5-6-20-19-8-7-17(28)14-21(19)30-25(20)26(33)31-39(35,36)23-10-9-22(32(23)3)27(34)37-4;1-14-11-17(12-15(2)23(14)28)37-10-4-5-19-18-7-6-16(27)13-20(18)29-24(19)25(32)30-38(35,36)22-9-8-21(26(33)34)31(22)3/h5-8,14-16,20,34H,3-4,9-13H2,1-2H3,(H,33,36)(H,35,37);7-10,12-14,30H,5-6,11H2,1-4H3,(H,31,33);6-9,11-13,29H,4-5,10H2,1-3H3,(H,30,32)(H,33,34). The zero-order chi connectivity index (χ0) is 87.0. The van der Waals surface area contributed by atoms with Crippen molar-refractivity contribution in [3.05, 3.63) is 242 Å². The zero-order valence-corrected chi connectivity index (χ0v) is 73.1. The molecule has 0 bridgehead atoms. The van der Waals surface area contributed by atoms with Crippen molar-refractivity contribution in [1.29, 1.82) is 0 Å². The van der Waals surface area contributed by atoms with Crippen LogP contribution in [-0.2, 0) is 72.9 Å². The predicted molar refractivity (Wildman–Crippen MR) is 457 cm³/mol. The fourth-order valence-electron chi connectivity index (χ4n) is 13.7. The topological polar surface area (TPSA) is 390 Å². The van der Waals surface area contributed by atoms with Gasteiger partial charge in [0.15, 0.2) is 15.8 Å². The minimum absolute atomic E-state index is 0.0253. The van der Waals surface area contributed by atoms with Crippen LogP contribution in [0.1, 0.15) is 145 Å². The number of methoxy groups -OCH3 is 1. The smallest absolute Gasteiger partial charge is 0.354 e. The van der Waals surface area contributed by atoms with E-state index in [1.54, 1.807) is 54.6 Å². The van der Waals surface area contributed by atoms with Crippen molar-refractivity contribution in [1.82, 2.24) is 43.6 Å². The molecule has 1 aliphatic heterocycles. The van der Waals surface area contributed by atoms with Gasteiger partial charge in [0.2, 0.25) is 5.09 Å². The van der Waals surface area contributed by atoms with E-state index in [0.29, 0.717) is 165 Å². The molecule has 28 nitrogen and oxygen atoms in total. The molecule has 634 valence electrons. The summed E-state index contributed by atoms with van der Waals surface area (Å²) in [5.74, 6) is -3.25. The Hall–Kier alpha value is -10.5. The number of carboxylic acids is 1. The van der Waals surface area contributed by atoms with Crippen LogP contribution in [0.15, 0.2) is 147 Å². The Balaban J connectivity index is 0.000000176. The number of ether oxygens (including phenoxy) is 5. The number of carbonyl (C=O) groups excluding carboxylic acids is 5. The molecule has 1 aliphatic rings. The molecule has 1 fully saturated rings. The fourth-order valence-corrected chi connectivity index (χ4v) is 17.8. The molecule has 120 heavy (non-hydrogen) atoms. The van der Waals surface area contributed by atoms with Crippen LogP contribution in [0, 0.1) is 41.5 Å². The second kappa shape index (κ2) is 38.5. The summed E-state index contributed by atoms with van der Waals surface area (Å²) < 4.78 is 120. The summed E-state index contributed by atoms with van der Waals surface area (Å²) >= 11 is 37.2. The van der Waals surface area contributed by atoms with Gasteiger partial charge in [-0.15, -0.1) is 0 Å². The number of nitrogens with one attached hydrogen (secondary N) is 7. The highest BCUT2D eigenvalue weighted by molar-refractivity contribution is 7.90. The summed E-state index contributed by atoms with van der Waals surface area (Å²) in [6.45, 7) is 13.6. The molecular formula is C83H83Cl6N9O19S3. The molecule has 4 amide bonds. The molecule has 12 aromatic rings. The molecule has 0 unspecified atom stereocenters. The summed E-state index contributed by atoms with van der Waals surface area (Å²) in [5, 5.41) is 16.5. The van der Waals surface area contributed by atoms with Crippen LogP contribution >= 0.6 is 69.6 Å². The number of furan rings is 1. The van der Waals surface area contributed by atoms with Crippen molar-refractivity contribution in [2.24, 2.45) is 14.1 Å². The van der Waals surface area contributed by atoms with E-state index < -0.39 is 70.7 Å². The molecule has 0 aliphatic carbocycles. The quantitative estimate of drug-likeness (QED) is 0.0167. The number of carboxylic acid groups (broad SMARTS) is 1. The lowest BCUT2D eigenvalue weighted by Gasteiger charge is -2.22. The Bertz CT molecular complexity index is 6270. The zero-order valence-electron chi connectivity index (χ0n) is 66.1. The minimum Gasteiger partial charge on any atom is -0.494 e. The number of sulfonamides is 3. The number of esters is 1. The SMILES string of the molecule is COC(=O)c1ccc(S(=O)(=O)NC(=O)c2[nH]c3cc(Cl)ccc3c2CCCOc2cc(C)c(Cl)c(C)c2)n1C.Cc1cc(OCCCc2c(C(=O)NS(=O)(=O)c3ccc(C(=O)NC4CCOCC4)o3)[nH]c3cc(Cl)ccc23)cc(C)c1Cl.Cc1cc(OCCCc2c(C(=O)NS(=O)(=O)c3ccc(C(=O)O)n3C)[nH]c3cc(Cl)ccc23)cc(C)c1Cl. The molecular weight excluding hydrogens is 1740 g/mol. The van der Waals surface area contributed by atoms with Crippen molar-refractivity contribution in [3.8, 4) is 17.2 Å². The number of benzene rings is 6. The van der Waals surface area contributed by atoms with E-state index in [0.717, 1.165) is 76.9 Å². The molecule has 6 aromatic carbocycles. The van der Waals surface area contributed by atoms with Gasteiger partial charge < -0.3 is 62.6 Å². The predicted octanol–water partition coefficient (Wildman–Crippen LogP) is 16.3. The van der Waals surface area contributed by atoms with E-state index >= 15 is 0 Å². The lowest BCUT2D eigenvalue weighted by atomic mass is 10.1. The largest absolute Gasteiger partial charge is 0.494 e.